The number of benzene rings is 1. The summed E-state index contributed by atoms with van der Waals surface area (Å²) in [6.45, 7) is 0.357. The van der Waals surface area contributed by atoms with Gasteiger partial charge in [-0.3, -0.25) is 0 Å². The van der Waals surface area contributed by atoms with Gasteiger partial charge in [0, 0.05) is 7.05 Å². The lowest BCUT2D eigenvalue weighted by Crippen LogP contribution is -2.03. The highest BCUT2D eigenvalue weighted by Crippen LogP contribution is 2.23. The van der Waals surface area contributed by atoms with E-state index in [0.717, 1.165) is 9.26 Å². The van der Waals surface area contributed by atoms with Crippen molar-refractivity contribution in [1.82, 2.24) is 9.55 Å². The number of rotatable bonds is 4. The minimum absolute atomic E-state index is 0.218. The van der Waals surface area contributed by atoms with Crippen molar-refractivity contribution < 1.29 is 14.6 Å². The molecule has 6 heteroatoms. The molecule has 2 rings (SSSR count). The summed E-state index contributed by atoms with van der Waals surface area (Å²) in [5, 5.41) is 8.92. The Labute approximate surface area is 118 Å². The molecule has 1 aromatic heterocycles. The number of aryl methyl sites for hydroxylation is 1. The molecule has 18 heavy (non-hydrogen) atoms. The van der Waals surface area contributed by atoms with Crippen molar-refractivity contribution in [2.24, 2.45) is 7.05 Å². The minimum Gasteiger partial charge on any atom is -0.486 e. The number of hydrogen-bond acceptors (Lipinski definition) is 3. The van der Waals surface area contributed by atoms with Crippen molar-refractivity contribution in [2.45, 2.75) is 6.61 Å². The van der Waals surface area contributed by atoms with Crippen molar-refractivity contribution in [3.05, 3.63) is 45.6 Å². The van der Waals surface area contributed by atoms with Crippen LogP contribution in [0.4, 0.5) is 0 Å². The van der Waals surface area contributed by atoms with Crippen molar-refractivity contribution in [2.75, 3.05) is 0 Å². The van der Waals surface area contributed by atoms with E-state index in [2.05, 4.69) is 27.6 Å². The highest BCUT2D eigenvalue weighted by molar-refractivity contribution is 14.1. The fraction of sp³-hybridized carbons (Fsp3) is 0.167. The third-order valence-corrected chi connectivity index (χ3v) is 3.36. The molecule has 0 aliphatic carbocycles. The largest absolute Gasteiger partial charge is 0.486 e. The third-order valence-electron chi connectivity index (χ3n) is 2.47. The van der Waals surface area contributed by atoms with Crippen LogP contribution in [0.3, 0.4) is 0 Å². The summed E-state index contributed by atoms with van der Waals surface area (Å²) >= 11 is 2.11. The third kappa shape index (κ3) is 2.81. The molecule has 0 amide bonds. The first-order chi connectivity index (χ1) is 8.58. The van der Waals surface area contributed by atoms with Crippen LogP contribution in [0.15, 0.2) is 30.7 Å². The van der Waals surface area contributed by atoms with Crippen LogP contribution in [0, 0.1) is 3.57 Å². The average molecular weight is 358 g/mol. The van der Waals surface area contributed by atoms with Crippen LogP contribution in [-0.4, -0.2) is 20.6 Å². The summed E-state index contributed by atoms with van der Waals surface area (Å²) in [5.41, 5.74) is 1.14. The second kappa shape index (κ2) is 5.38. The number of nitrogens with zero attached hydrogens (tertiary/aromatic N) is 2. The molecule has 94 valence electrons. The van der Waals surface area contributed by atoms with Crippen LogP contribution >= 0.6 is 22.6 Å². The SMILES string of the molecule is Cn1cncc1COc1cc(C(=O)O)ccc1I. The Kier molecular flexibility index (Phi) is 3.85. The van der Waals surface area contributed by atoms with Crippen LogP contribution in [0.2, 0.25) is 0 Å². The molecule has 0 unspecified atom stereocenters. The predicted octanol–water partition coefficient (Wildman–Crippen LogP) is 2.30. The highest BCUT2D eigenvalue weighted by atomic mass is 127. The van der Waals surface area contributed by atoms with E-state index in [1.165, 1.54) is 6.07 Å². The summed E-state index contributed by atoms with van der Waals surface area (Å²) in [5.74, 6) is -0.395. The number of aromatic carboxylic acids is 1. The number of imidazole rings is 1. The maximum absolute atomic E-state index is 10.9. The Morgan fingerprint density at radius 3 is 2.94 bits per heavy atom. The zero-order valence-electron chi connectivity index (χ0n) is 9.63. The van der Waals surface area contributed by atoms with E-state index in [9.17, 15) is 4.79 Å². The maximum atomic E-state index is 10.9. The minimum atomic E-state index is -0.961. The van der Waals surface area contributed by atoms with Gasteiger partial charge in [-0.2, -0.15) is 0 Å². The molecule has 0 atom stereocenters. The van der Waals surface area contributed by atoms with Gasteiger partial charge in [-0.05, 0) is 40.8 Å². The van der Waals surface area contributed by atoms with Gasteiger partial charge >= 0.3 is 5.97 Å². The van der Waals surface area contributed by atoms with Crippen molar-refractivity contribution in [1.29, 1.82) is 0 Å². The lowest BCUT2D eigenvalue weighted by molar-refractivity contribution is 0.0696. The molecule has 0 saturated carbocycles. The van der Waals surface area contributed by atoms with Crippen LogP contribution < -0.4 is 4.74 Å². The number of halogens is 1. The zero-order chi connectivity index (χ0) is 13.1. The van der Waals surface area contributed by atoms with E-state index in [1.807, 2.05) is 11.6 Å². The van der Waals surface area contributed by atoms with Gasteiger partial charge < -0.3 is 14.4 Å². The molecular weight excluding hydrogens is 347 g/mol. The molecule has 1 N–H and O–H groups in total. The van der Waals surface area contributed by atoms with Gasteiger partial charge in [0.2, 0.25) is 0 Å². The Hall–Kier alpha value is -1.57. The molecule has 0 fully saturated rings. The van der Waals surface area contributed by atoms with Crippen molar-refractivity contribution in [3.8, 4) is 5.75 Å². The first-order valence-electron chi connectivity index (χ1n) is 5.19. The Morgan fingerprint density at radius 2 is 2.33 bits per heavy atom. The lowest BCUT2D eigenvalue weighted by atomic mass is 10.2. The molecule has 0 aliphatic heterocycles. The molecular formula is C12H11IN2O3. The number of carboxylic acids is 1. The van der Waals surface area contributed by atoms with Crippen LogP contribution in [-0.2, 0) is 13.7 Å². The standard InChI is InChI=1S/C12H11IN2O3/c1-15-7-14-5-9(15)6-18-11-4-8(12(16)17)2-3-10(11)13/h2-5,7H,6H2,1H3,(H,16,17). The first kappa shape index (κ1) is 12.9. The second-order valence-corrected chi connectivity index (χ2v) is 4.90. The second-order valence-electron chi connectivity index (χ2n) is 3.73. The summed E-state index contributed by atoms with van der Waals surface area (Å²) in [7, 11) is 1.88. The Bertz CT molecular complexity index is 580. The van der Waals surface area contributed by atoms with Gasteiger partial charge in [0.05, 0.1) is 27.4 Å². The predicted molar refractivity (Wildman–Crippen MR) is 73.7 cm³/mol. The van der Waals surface area contributed by atoms with E-state index >= 15 is 0 Å². The fourth-order valence-corrected chi connectivity index (χ4v) is 1.91. The summed E-state index contributed by atoms with van der Waals surface area (Å²) < 4.78 is 8.35. The molecule has 2 aromatic rings. The summed E-state index contributed by atoms with van der Waals surface area (Å²) in [4.78, 5) is 14.9. The average Bonchev–Trinajstić information content (AvgIpc) is 2.73. The molecule has 0 bridgehead atoms. The number of carbonyl (C=O) groups is 1. The number of carboxylic acid groups (broad SMARTS) is 1. The lowest BCUT2D eigenvalue weighted by Gasteiger charge is -2.09. The summed E-state index contributed by atoms with van der Waals surface area (Å²) in [6.07, 6.45) is 3.41. The van der Waals surface area contributed by atoms with Gasteiger partial charge in [-0.25, -0.2) is 9.78 Å². The first-order valence-corrected chi connectivity index (χ1v) is 6.26. The quantitative estimate of drug-likeness (QED) is 0.852. The van der Waals surface area contributed by atoms with Crippen molar-refractivity contribution >= 4 is 28.6 Å². The number of ether oxygens (including phenoxy) is 1. The number of aromatic nitrogens is 2. The normalized spacial score (nSPS) is 10.3. The topological polar surface area (TPSA) is 64.4 Å². The molecule has 0 aliphatic rings. The zero-order valence-corrected chi connectivity index (χ0v) is 11.8. The van der Waals surface area contributed by atoms with Gasteiger partial charge in [-0.15, -0.1) is 0 Å². The molecule has 0 saturated heterocycles. The smallest absolute Gasteiger partial charge is 0.335 e. The van der Waals surface area contributed by atoms with Gasteiger partial charge in [0.25, 0.3) is 0 Å². The highest BCUT2D eigenvalue weighted by Gasteiger charge is 2.08. The van der Waals surface area contributed by atoms with Gasteiger partial charge in [0.1, 0.15) is 12.4 Å². The molecule has 0 radical (unpaired) electrons. The van der Waals surface area contributed by atoms with Gasteiger partial charge in [0.15, 0.2) is 0 Å². The van der Waals surface area contributed by atoms with E-state index in [1.54, 1.807) is 24.7 Å². The van der Waals surface area contributed by atoms with Crippen molar-refractivity contribution in [3.63, 3.8) is 0 Å². The molecule has 5 nitrogen and oxygen atoms in total. The fourth-order valence-electron chi connectivity index (χ4n) is 1.42. The Balaban J connectivity index is 2.16. The number of hydrogen-bond donors (Lipinski definition) is 1. The van der Waals surface area contributed by atoms with E-state index in [0.29, 0.717) is 12.4 Å². The van der Waals surface area contributed by atoms with E-state index in [-0.39, 0.29) is 5.56 Å². The molecule has 1 aromatic carbocycles. The maximum Gasteiger partial charge on any atom is 0.335 e. The van der Waals surface area contributed by atoms with Gasteiger partial charge in [-0.1, -0.05) is 0 Å². The van der Waals surface area contributed by atoms with E-state index < -0.39 is 5.97 Å². The molecule has 0 spiro atoms. The monoisotopic (exact) mass is 358 g/mol. The van der Waals surface area contributed by atoms with E-state index in [4.69, 9.17) is 9.84 Å². The van der Waals surface area contributed by atoms with Crippen LogP contribution in [0.5, 0.6) is 5.75 Å². The van der Waals surface area contributed by atoms with Crippen LogP contribution in [0.25, 0.3) is 0 Å². The van der Waals surface area contributed by atoms with Crippen LogP contribution in [0.1, 0.15) is 16.1 Å². The summed E-state index contributed by atoms with van der Waals surface area (Å²) in [6, 6.07) is 4.81. The Morgan fingerprint density at radius 1 is 1.56 bits per heavy atom. The molecule has 1 heterocycles.